The van der Waals surface area contributed by atoms with Crippen LogP contribution in [0.25, 0.3) is 0 Å². The standard InChI is InChI=1S/C68H121N2O6P/c1-6-8-10-12-14-16-18-20-22-24-26-28-30-31-32-33-34-35-36-37-38-40-41-43-45-47-49-51-53-55-57-59-61-67(71)66(65-76-77(73,74)75-64-63-70(3,4)5)69-68(72)62-60-58-56-54-52-50-48-46-44-42-39-29-27-25-23-21-19-17-15-13-11-9-7-2/h9,11,15,17,21,23,27,29,42,44,48,50-51,53-54,56,59,61,66-67,71H,6-8,10,12-14,16,18-20,22,24-26,28,30-41,43,45-47,49,52,55,57-58,60,62-65H2,1-5H3,(H-,69,72,73,74)/b11-9-,17-15-,23-21-,29-27-,44-42-,50-48-,53-51+,56-54-,61-59+. The predicted molar refractivity (Wildman–Crippen MR) is 334 cm³/mol. The fourth-order valence-corrected chi connectivity index (χ4v) is 9.53. The quantitative estimate of drug-likeness (QED) is 0.0272. The summed E-state index contributed by atoms with van der Waals surface area (Å²) in [6, 6.07) is -0.944. The molecule has 0 aliphatic carbocycles. The van der Waals surface area contributed by atoms with Gasteiger partial charge in [-0.3, -0.25) is 9.36 Å². The molecule has 0 aromatic carbocycles. The maximum atomic E-state index is 13.0. The normalized spacial score (nSPS) is 14.5. The number of allylic oxidation sites excluding steroid dienone is 17. The van der Waals surface area contributed by atoms with E-state index in [1.54, 1.807) is 6.08 Å². The summed E-state index contributed by atoms with van der Waals surface area (Å²) in [5.74, 6) is -0.267. The van der Waals surface area contributed by atoms with Crippen molar-refractivity contribution in [3.05, 3.63) is 109 Å². The number of nitrogens with zero attached hydrogens (tertiary/aromatic N) is 1. The Balaban J connectivity index is 4.26. The van der Waals surface area contributed by atoms with Gasteiger partial charge in [-0.1, -0.05) is 284 Å². The van der Waals surface area contributed by atoms with Gasteiger partial charge in [0.05, 0.1) is 39.9 Å². The Bertz CT molecular complexity index is 1620. The summed E-state index contributed by atoms with van der Waals surface area (Å²) in [5.41, 5.74) is 0. The molecule has 0 saturated heterocycles. The van der Waals surface area contributed by atoms with Crippen LogP contribution in [0.1, 0.15) is 264 Å². The van der Waals surface area contributed by atoms with Crippen molar-refractivity contribution in [3.8, 4) is 0 Å². The van der Waals surface area contributed by atoms with Crippen LogP contribution in [0.15, 0.2) is 109 Å². The zero-order valence-corrected chi connectivity index (χ0v) is 51.5. The maximum absolute atomic E-state index is 13.0. The van der Waals surface area contributed by atoms with Crippen LogP contribution in [0.3, 0.4) is 0 Å². The molecule has 8 nitrogen and oxygen atoms in total. The molecule has 0 aromatic heterocycles. The van der Waals surface area contributed by atoms with Gasteiger partial charge in [0.1, 0.15) is 13.2 Å². The molecule has 0 saturated carbocycles. The minimum Gasteiger partial charge on any atom is -0.756 e. The third-order valence-corrected chi connectivity index (χ3v) is 14.7. The first kappa shape index (κ1) is 74.2. The van der Waals surface area contributed by atoms with Crippen molar-refractivity contribution in [2.75, 3.05) is 40.9 Å². The highest BCUT2D eigenvalue weighted by Crippen LogP contribution is 2.38. The number of aliphatic hydroxyl groups excluding tert-OH is 1. The molecule has 77 heavy (non-hydrogen) atoms. The Morgan fingerprint density at radius 1 is 0.468 bits per heavy atom. The Morgan fingerprint density at radius 2 is 0.805 bits per heavy atom. The number of phosphoric acid groups is 1. The summed E-state index contributed by atoms with van der Waals surface area (Å²) in [7, 11) is 1.19. The average molecular weight is 1090 g/mol. The van der Waals surface area contributed by atoms with E-state index in [9.17, 15) is 19.4 Å². The predicted octanol–water partition coefficient (Wildman–Crippen LogP) is 19.3. The van der Waals surface area contributed by atoms with E-state index < -0.39 is 26.6 Å². The van der Waals surface area contributed by atoms with Gasteiger partial charge >= 0.3 is 0 Å². The van der Waals surface area contributed by atoms with Crippen LogP contribution in [-0.4, -0.2) is 68.5 Å². The molecular formula is C68H121N2O6P. The SMILES string of the molecule is CC/C=C\C/C=C\C/C=C\C/C=C\C/C=C\C/C=C\C/C=C\CCCC(=O)NC(COP(=O)([O-])OCC[N+](C)(C)C)C(O)/C=C/CC/C=C/CCCCCCCCCCCCCCCCCCCCCCCCCCCC. The highest BCUT2D eigenvalue weighted by atomic mass is 31.2. The van der Waals surface area contributed by atoms with Crippen molar-refractivity contribution in [2.45, 2.75) is 276 Å². The molecule has 1 amide bonds. The average Bonchev–Trinajstić information content (AvgIpc) is 3.39. The lowest BCUT2D eigenvalue weighted by atomic mass is 10.0. The number of unbranched alkanes of at least 4 members (excludes halogenated alkanes) is 28. The van der Waals surface area contributed by atoms with Crippen LogP contribution >= 0.6 is 7.82 Å². The summed E-state index contributed by atoms with van der Waals surface area (Å²) in [6.07, 6.45) is 85.0. The van der Waals surface area contributed by atoms with Crippen LogP contribution in [-0.2, 0) is 18.4 Å². The lowest BCUT2D eigenvalue weighted by Crippen LogP contribution is -2.45. The molecular weight excluding hydrogens is 972 g/mol. The van der Waals surface area contributed by atoms with Crippen molar-refractivity contribution >= 4 is 13.7 Å². The molecule has 444 valence electrons. The molecule has 3 unspecified atom stereocenters. The molecule has 0 spiro atoms. The van der Waals surface area contributed by atoms with Crippen molar-refractivity contribution in [1.29, 1.82) is 0 Å². The monoisotopic (exact) mass is 1090 g/mol. The van der Waals surface area contributed by atoms with Gasteiger partial charge in [0, 0.05) is 6.42 Å². The van der Waals surface area contributed by atoms with Crippen LogP contribution < -0.4 is 10.2 Å². The molecule has 0 fully saturated rings. The first-order valence-electron chi connectivity index (χ1n) is 31.7. The van der Waals surface area contributed by atoms with Crippen molar-refractivity contribution in [3.63, 3.8) is 0 Å². The molecule has 0 aliphatic rings. The molecule has 0 radical (unpaired) electrons. The van der Waals surface area contributed by atoms with E-state index in [1.165, 1.54) is 167 Å². The van der Waals surface area contributed by atoms with Gasteiger partial charge in [-0.2, -0.15) is 0 Å². The van der Waals surface area contributed by atoms with Gasteiger partial charge < -0.3 is 28.8 Å². The van der Waals surface area contributed by atoms with Gasteiger partial charge in [0.25, 0.3) is 7.82 Å². The Morgan fingerprint density at radius 3 is 1.21 bits per heavy atom. The van der Waals surface area contributed by atoms with E-state index in [0.29, 0.717) is 17.4 Å². The van der Waals surface area contributed by atoms with E-state index >= 15 is 0 Å². The minimum absolute atomic E-state index is 0.0232. The van der Waals surface area contributed by atoms with E-state index in [4.69, 9.17) is 9.05 Å². The molecule has 0 rings (SSSR count). The number of nitrogens with one attached hydrogen (secondary N) is 1. The number of carbonyl (C=O) groups is 1. The van der Waals surface area contributed by atoms with E-state index in [1.807, 2.05) is 27.2 Å². The largest absolute Gasteiger partial charge is 0.756 e. The summed E-state index contributed by atoms with van der Waals surface area (Å²) in [5, 5.41) is 13.9. The number of rotatable bonds is 57. The van der Waals surface area contributed by atoms with E-state index in [2.05, 4.69) is 116 Å². The Kier molecular flexibility index (Phi) is 55.7. The summed E-state index contributed by atoms with van der Waals surface area (Å²) in [6.45, 7) is 4.48. The molecule has 0 heterocycles. The van der Waals surface area contributed by atoms with Gasteiger partial charge in [-0.05, 0) is 83.5 Å². The highest BCUT2D eigenvalue weighted by molar-refractivity contribution is 7.45. The Hall–Kier alpha value is -2.84. The molecule has 0 bridgehead atoms. The maximum Gasteiger partial charge on any atom is 0.268 e. The third-order valence-electron chi connectivity index (χ3n) is 13.7. The van der Waals surface area contributed by atoms with Crippen LogP contribution in [0.2, 0.25) is 0 Å². The van der Waals surface area contributed by atoms with Gasteiger partial charge in [0.15, 0.2) is 0 Å². The van der Waals surface area contributed by atoms with Gasteiger partial charge in [-0.25, -0.2) is 0 Å². The topological polar surface area (TPSA) is 108 Å². The molecule has 0 aromatic rings. The smallest absolute Gasteiger partial charge is 0.268 e. The zero-order chi connectivity index (χ0) is 56.3. The molecule has 0 aliphatic heterocycles. The van der Waals surface area contributed by atoms with E-state index in [0.717, 1.165) is 70.6 Å². The fraction of sp³-hybridized carbons (Fsp3) is 0.721. The second kappa shape index (κ2) is 57.8. The number of aliphatic hydroxyl groups is 1. The van der Waals surface area contributed by atoms with Crippen LogP contribution in [0.4, 0.5) is 0 Å². The summed E-state index contributed by atoms with van der Waals surface area (Å²) < 4.78 is 23.3. The minimum atomic E-state index is -4.63. The number of amides is 1. The lowest BCUT2D eigenvalue weighted by molar-refractivity contribution is -0.870. The van der Waals surface area contributed by atoms with Crippen molar-refractivity contribution in [2.24, 2.45) is 0 Å². The number of phosphoric ester groups is 1. The Labute approximate surface area is 476 Å². The summed E-state index contributed by atoms with van der Waals surface area (Å²) in [4.78, 5) is 25.5. The number of hydrogen-bond donors (Lipinski definition) is 2. The fourth-order valence-electron chi connectivity index (χ4n) is 8.81. The summed E-state index contributed by atoms with van der Waals surface area (Å²) >= 11 is 0. The van der Waals surface area contributed by atoms with Gasteiger partial charge in [0.2, 0.25) is 5.91 Å². The molecule has 3 atom stereocenters. The first-order valence-corrected chi connectivity index (χ1v) is 33.2. The molecule has 2 N–H and O–H groups in total. The molecule has 9 heteroatoms. The number of quaternary nitrogens is 1. The number of likely N-dealkylation sites (N-methyl/N-ethyl adjacent to an activating group) is 1. The second-order valence-corrected chi connectivity index (χ2v) is 23.8. The second-order valence-electron chi connectivity index (χ2n) is 22.4. The highest BCUT2D eigenvalue weighted by Gasteiger charge is 2.23. The van der Waals surface area contributed by atoms with Crippen molar-refractivity contribution < 1.29 is 32.9 Å². The van der Waals surface area contributed by atoms with Gasteiger partial charge in [-0.15, -0.1) is 0 Å². The van der Waals surface area contributed by atoms with Crippen LogP contribution in [0, 0.1) is 0 Å². The number of carbonyl (C=O) groups excluding carboxylic acids is 1. The van der Waals surface area contributed by atoms with Crippen LogP contribution in [0.5, 0.6) is 0 Å². The zero-order valence-electron chi connectivity index (χ0n) is 50.6. The van der Waals surface area contributed by atoms with E-state index in [-0.39, 0.29) is 18.9 Å². The first-order chi connectivity index (χ1) is 37.5. The third kappa shape index (κ3) is 60.6. The van der Waals surface area contributed by atoms with Crippen molar-refractivity contribution in [1.82, 2.24) is 5.32 Å². The lowest BCUT2D eigenvalue weighted by Gasteiger charge is -2.29. The number of hydrogen-bond acceptors (Lipinski definition) is 6.